The van der Waals surface area contributed by atoms with E-state index in [0.29, 0.717) is 0 Å². The van der Waals surface area contributed by atoms with Crippen molar-refractivity contribution in [1.29, 1.82) is 0 Å². The molecule has 0 aliphatic carbocycles. The van der Waals surface area contributed by atoms with Crippen LogP contribution in [-0.2, 0) is 0 Å². The summed E-state index contributed by atoms with van der Waals surface area (Å²) in [4.78, 5) is 10.8. The maximum absolute atomic E-state index is 5.47. The SMILES string of the molecule is c1ccc2cc(-c3nc4ccccc4nc3-n3c4cc(-n5c6ccccc6c6ccccc65)ccc4c4ccc5ccccc5c43)ccc2c1. The number of hydrogen-bond acceptors (Lipinski definition) is 2. The van der Waals surface area contributed by atoms with Crippen molar-refractivity contribution < 1.29 is 0 Å². The normalized spacial score (nSPS) is 12.0. The van der Waals surface area contributed by atoms with Crippen molar-refractivity contribution in [2.75, 3.05) is 0 Å². The Balaban J connectivity index is 1.30. The Morgan fingerprint density at radius 3 is 1.72 bits per heavy atom. The summed E-state index contributed by atoms with van der Waals surface area (Å²) in [5.41, 5.74) is 9.30. The van der Waals surface area contributed by atoms with E-state index in [1.165, 1.54) is 54.1 Å². The van der Waals surface area contributed by atoms with Crippen molar-refractivity contribution in [3.63, 3.8) is 0 Å². The van der Waals surface area contributed by atoms with Crippen LogP contribution in [0.2, 0.25) is 0 Å². The van der Waals surface area contributed by atoms with Crippen molar-refractivity contribution in [3.8, 4) is 22.8 Å². The van der Waals surface area contributed by atoms with Crippen molar-refractivity contribution in [1.82, 2.24) is 19.1 Å². The first-order chi connectivity index (χ1) is 24.8. The monoisotopic (exact) mass is 636 g/mol. The molecule has 4 heteroatoms. The van der Waals surface area contributed by atoms with Crippen molar-refractivity contribution >= 4 is 76.2 Å². The van der Waals surface area contributed by atoms with Crippen molar-refractivity contribution in [3.05, 3.63) is 170 Å². The van der Waals surface area contributed by atoms with Gasteiger partial charge < -0.3 is 4.57 Å². The molecule has 0 bridgehead atoms. The Labute approximate surface area is 287 Å². The maximum Gasteiger partial charge on any atom is 0.165 e. The fourth-order valence-electron chi connectivity index (χ4n) is 8.00. The predicted octanol–water partition coefficient (Wildman–Crippen LogP) is 11.8. The molecule has 4 nitrogen and oxygen atoms in total. The molecule has 0 atom stereocenters. The van der Waals surface area contributed by atoms with Gasteiger partial charge in [-0.3, -0.25) is 4.57 Å². The summed E-state index contributed by atoms with van der Waals surface area (Å²) in [6, 6.07) is 60.7. The van der Waals surface area contributed by atoms with Gasteiger partial charge in [0, 0.05) is 38.2 Å². The van der Waals surface area contributed by atoms with E-state index in [2.05, 4.69) is 167 Å². The lowest BCUT2D eigenvalue weighted by Gasteiger charge is -2.15. The summed E-state index contributed by atoms with van der Waals surface area (Å²) < 4.78 is 4.76. The van der Waals surface area contributed by atoms with Crippen LogP contribution in [0.25, 0.3) is 99.0 Å². The highest BCUT2D eigenvalue weighted by molar-refractivity contribution is 6.19. The fourth-order valence-corrected chi connectivity index (χ4v) is 8.00. The zero-order valence-electron chi connectivity index (χ0n) is 27.0. The summed E-state index contributed by atoms with van der Waals surface area (Å²) in [7, 11) is 0. The van der Waals surface area contributed by atoms with Gasteiger partial charge in [0.1, 0.15) is 5.69 Å². The van der Waals surface area contributed by atoms with E-state index in [1.54, 1.807) is 0 Å². The molecule has 0 radical (unpaired) electrons. The van der Waals surface area contributed by atoms with Crippen LogP contribution in [0.15, 0.2) is 170 Å². The highest BCUT2D eigenvalue weighted by atomic mass is 15.1. The number of para-hydroxylation sites is 4. The van der Waals surface area contributed by atoms with E-state index in [0.717, 1.165) is 44.8 Å². The molecule has 0 N–H and O–H groups in total. The molecule has 0 unspecified atom stereocenters. The molecule has 232 valence electrons. The van der Waals surface area contributed by atoms with Gasteiger partial charge in [-0.15, -0.1) is 0 Å². The summed E-state index contributed by atoms with van der Waals surface area (Å²) >= 11 is 0. The molecule has 8 aromatic carbocycles. The first kappa shape index (κ1) is 27.2. The van der Waals surface area contributed by atoms with E-state index >= 15 is 0 Å². The minimum absolute atomic E-state index is 0.815. The van der Waals surface area contributed by atoms with Crippen LogP contribution >= 0.6 is 0 Å². The number of fused-ring (bicyclic) bond motifs is 10. The second-order valence-electron chi connectivity index (χ2n) is 13.0. The van der Waals surface area contributed by atoms with Crippen LogP contribution in [-0.4, -0.2) is 19.1 Å². The zero-order chi connectivity index (χ0) is 32.8. The van der Waals surface area contributed by atoms with Gasteiger partial charge in [-0.05, 0) is 58.6 Å². The highest BCUT2D eigenvalue weighted by Gasteiger charge is 2.22. The quantitative estimate of drug-likeness (QED) is 0.193. The first-order valence-electron chi connectivity index (χ1n) is 17.0. The molecule has 0 fully saturated rings. The Morgan fingerprint density at radius 2 is 0.940 bits per heavy atom. The van der Waals surface area contributed by atoms with Gasteiger partial charge in [-0.25, -0.2) is 9.97 Å². The Hall–Kier alpha value is -6.78. The van der Waals surface area contributed by atoms with E-state index in [4.69, 9.17) is 9.97 Å². The number of hydrogen-bond donors (Lipinski definition) is 0. The standard InChI is InChI=1S/C46H28N4/c1-2-13-31-27-32(22-21-29(31)11-1)44-46(48-40-18-8-7-17-39(40)47-44)50-43-28-33(49-41-19-9-5-15-35(41)36-16-6-10-20-42(36)49)24-26-37(43)38-25-23-30-12-3-4-14-34(30)45(38)50/h1-28H. The molecule has 3 aromatic heterocycles. The molecule has 0 spiro atoms. The number of nitrogens with zero attached hydrogens (tertiary/aromatic N) is 4. The minimum Gasteiger partial charge on any atom is -0.309 e. The maximum atomic E-state index is 5.47. The molecule has 0 saturated carbocycles. The van der Waals surface area contributed by atoms with Crippen LogP contribution in [0.4, 0.5) is 0 Å². The van der Waals surface area contributed by atoms with Gasteiger partial charge in [-0.2, -0.15) is 0 Å². The second kappa shape index (κ2) is 10.4. The Kier molecular flexibility index (Phi) is 5.63. The van der Waals surface area contributed by atoms with Crippen LogP contribution in [0, 0.1) is 0 Å². The molecule has 0 saturated heterocycles. The zero-order valence-corrected chi connectivity index (χ0v) is 27.0. The van der Waals surface area contributed by atoms with Crippen molar-refractivity contribution in [2.45, 2.75) is 0 Å². The lowest BCUT2D eigenvalue weighted by molar-refractivity contribution is 1.08. The summed E-state index contributed by atoms with van der Waals surface area (Å²) in [5, 5.41) is 9.59. The first-order valence-corrected chi connectivity index (χ1v) is 17.0. The summed E-state index contributed by atoms with van der Waals surface area (Å²) in [5.74, 6) is 0.815. The highest BCUT2D eigenvalue weighted by Crippen LogP contribution is 2.41. The molecular formula is C46H28N4. The minimum atomic E-state index is 0.815. The number of rotatable bonds is 3. The Morgan fingerprint density at radius 1 is 0.360 bits per heavy atom. The van der Waals surface area contributed by atoms with Crippen LogP contribution in [0.3, 0.4) is 0 Å². The predicted molar refractivity (Wildman–Crippen MR) is 209 cm³/mol. The lowest BCUT2D eigenvalue weighted by Crippen LogP contribution is -2.04. The van der Waals surface area contributed by atoms with Gasteiger partial charge in [0.25, 0.3) is 0 Å². The van der Waals surface area contributed by atoms with Crippen molar-refractivity contribution in [2.24, 2.45) is 0 Å². The fraction of sp³-hybridized carbons (Fsp3) is 0. The van der Waals surface area contributed by atoms with Gasteiger partial charge >= 0.3 is 0 Å². The van der Waals surface area contributed by atoms with Gasteiger partial charge in [0.05, 0.1) is 33.1 Å². The van der Waals surface area contributed by atoms with Crippen LogP contribution in [0.5, 0.6) is 0 Å². The molecule has 0 aliphatic rings. The molecule has 0 aliphatic heterocycles. The summed E-state index contributed by atoms with van der Waals surface area (Å²) in [6.07, 6.45) is 0. The average Bonchev–Trinajstić information content (AvgIpc) is 3.70. The molecule has 50 heavy (non-hydrogen) atoms. The molecular weight excluding hydrogens is 609 g/mol. The third-order valence-corrected chi connectivity index (χ3v) is 10.3. The molecule has 11 aromatic rings. The molecule has 0 amide bonds. The van der Waals surface area contributed by atoms with Gasteiger partial charge in [-0.1, -0.05) is 127 Å². The van der Waals surface area contributed by atoms with E-state index in [9.17, 15) is 0 Å². The average molecular weight is 637 g/mol. The third-order valence-electron chi connectivity index (χ3n) is 10.3. The third kappa shape index (κ3) is 3.87. The number of benzene rings is 8. The van der Waals surface area contributed by atoms with E-state index in [-0.39, 0.29) is 0 Å². The number of aromatic nitrogens is 4. The van der Waals surface area contributed by atoms with Gasteiger partial charge in [0.15, 0.2) is 5.82 Å². The lowest BCUT2D eigenvalue weighted by atomic mass is 10.0. The van der Waals surface area contributed by atoms with Gasteiger partial charge in [0.2, 0.25) is 0 Å². The molecule has 3 heterocycles. The van der Waals surface area contributed by atoms with Crippen LogP contribution < -0.4 is 0 Å². The van der Waals surface area contributed by atoms with Crippen LogP contribution in [0.1, 0.15) is 0 Å². The second-order valence-corrected chi connectivity index (χ2v) is 13.0. The molecule has 11 rings (SSSR count). The summed E-state index contributed by atoms with van der Waals surface area (Å²) in [6.45, 7) is 0. The largest absolute Gasteiger partial charge is 0.309 e. The Bertz CT molecular complexity index is 3110. The smallest absolute Gasteiger partial charge is 0.165 e. The van der Waals surface area contributed by atoms with E-state index in [1.807, 2.05) is 12.1 Å². The van der Waals surface area contributed by atoms with E-state index < -0.39 is 0 Å². The topological polar surface area (TPSA) is 35.6 Å².